The summed E-state index contributed by atoms with van der Waals surface area (Å²) in [4.78, 5) is 24.4. The van der Waals surface area contributed by atoms with Gasteiger partial charge >= 0.3 is 5.97 Å². The molecule has 2 aromatic rings. The Morgan fingerprint density at radius 2 is 2.24 bits per heavy atom. The Balaban J connectivity index is 1.97. The van der Waals surface area contributed by atoms with Crippen molar-refractivity contribution < 1.29 is 14.7 Å². The van der Waals surface area contributed by atoms with Crippen molar-refractivity contribution in [2.45, 2.75) is 12.8 Å². The van der Waals surface area contributed by atoms with Gasteiger partial charge in [0.15, 0.2) is 6.29 Å². The number of aryl methyl sites for hydroxylation is 1. The van der Waals surface area contributed by atoms with Gasteiger partial charge in [0.05, 0.1) is 5.92 Å². The van der Waals surface area contributed by atoms with Gasteiger partial charge in [-0.15, -0.1) is 0 Å². The summed E-state index contributed by atoms with van der Waals surface area (Å²) in [5, 5.41) is 10.1. The maximum atomic E-state index is 11.2. The SMILES string of the molecule is Cn1cc(C=O)c2cc(N3CCCC(C(=O)O)C3)ccc21. The third kappa shape index (κ3) is 2.39. The number of rotatable bonds is 3. The van der Waals surface area contributed by atoms with Gasteiger partial charge < -0.3 is 14.6 Å². The van der Waals surface area contributed by atoms with Crippen LogP contribution < -0.4 is 4.90 Å². The highest BCUT2D eigenvalue weighted by Crippen LogP contribution is 2.28. The molecule has 1 aromatic carbocycles. The van der Waals surface area contributed by atoms with Gasteiger partial charge in [0.1, 0.15) is 0 Å². The van der Waals surface area contributed by atoms with E-state index in [1.54, 1.807) is 0 Å². The van der Waals surface area contributed by atoms with Crippen LogP contribution in [0.25, 0.3) is 10.9 Å². The molecule has 0 saturated carbocycles. The summed E-state index contributed by atoms with van der Waals surface area (Å²) < 4.78 is 1.93. The van der Waals surface area contributed by atoms with Crippen LogP contribution in [0.2, 0.25) is 0 Å². The number of hydrogen-bond donors (Lipinski definition) is 1. The number of nitrogens with zero attached hydrogens (tertiary/aromatic N) is 2. The first-order valence-corrected chi connectivity index (χ1v) is 7.12. The van der Waals surface area contributed by atoms with E-state index in [1.165, 1.54) is 0 Å². The third-order valence-corrected chi connectivity index (χ3v) is 4.27. The second kappa shape index (κ2) is 5.24. The summed E-state index contributed by atoms with van der Waals surface area (Å²) in [5.41, 5.74) is 2.66. The highest BCUT2D eigenvalue weighted by molar-refractivity contribution is 5.99. The van der Waals surface area contributed by atoms with E-state index >= 15 is 0 Å². The van der Waals surface area contributed by atoms with Gasteiger partial charge in [-0.2, -0.15) is 0 Å². The molecular formula is C16H18N2O3. The highest BCUT2D eigenvalue weighted by Gasteiger charge is 2.25. The van der Waals surface area contributed by atoms with E-state index in [9.17, 15) is 14.7 Å². The minimum absolute atomic E-state index is 0.309. The van der Waals surface area contributed by atoms with Gasteiger partial charge in [-0.05, 0) is 31.0 Å². The first-order valence-electron chi connectivity index (χ1n) is 7.12. The Morgan fingerprint density at radius 1 is 1.43 bits per heavy atom. The van der Waals surface area contributed by atoms with Crippen molar-refractivity contribution in [3.63, 3.8) is 0 Å². The van der Waals surface area contributed by atoms with Gasteiger partial charge in [0.2, 0.25) is 0 Å². The summed E-state index contributed by atoms with van der Waals surface area (Å²) in [6, 6.07) is 5.98. The number of piperidine rings is 1. The number of aldehydes is 1. The number of carboxylic acids is 1. The van der Waals surface area contributed by atoms with Crippen LogP contribution in [0.4, 0.5) is 5.69 Å². The number of anilines is 1. The van der Waals surface area contributed by atoms with Crippen molar-refractivity contribution in [2.24, 2.45) is 13.0 Å². The molecule has 1 fully saturated rings. The molecule has 1 aromatic heterocycles. The molecule has 1 atom stereocenters. The molecule has 1 aliphatic rings. The summed E-state index contributed by atoms with van der Waals surface area (Å²) >= 11 is 0. The molecule has 0 aliphatic carbocycles. The summed E-state index contributed by atoms with van der Waals surface area (Å²) in [6.45, 7) is 1.39. The molecule has 5 heteroatoms. The van der Waals surface area contributed by atoms with E-state index in [2.05, 4.69) is 4.90 Å². The summed E-state index contributed by atoms with van der Waals surface area (Å²) in [6.07, 6.45) is 4.30. The number of carboxylic acid groups (broad SMARTS) is 1. The van der Waals surface area contributed by atoms with Crippen LogP contribution >= 0.6 is 0 Å². The second-order valence-electron chi connectivity index (χ2n) is 5.64. The highest BCUT2D eigenvalue weighted by atomic mass is 16.4. The van der Waals surface area contributed by atoms with E-state index in [4.69, 9.17) is 0 Å². The maximum Gasteiger partial charge on any atom is 0.308 e. The fraction of sp³-hybridized carbons (Fsp3) is 0.375. The molecule has 5 nitrogen and oxygen atoms in total. The van der Waals surface area contributed by atoms with Crippen LogP contribution in [0.1, 0.15) is 23.2 Å². The Morgan fingerprint density at radius 3 is 2.95 bits per heavy atom. The van der Waals surface area contributed by atoms with Crippen LogP contribution in [-0.4, -0.2) is 35.0 Å². The smallest absolute Gasteiger partial charge is 0.308 e. The normalized spacial score (nSPS) is 18.9. The van der Waals surface area contributed by atoms with E-state index in [0.717, 1.165) is 42.3 Å². The van der Waals surface area contributed by atoms with Gasteiger partial charge in [-0.1, -0.05) is 0 Å². The Hall–Kier alpha value is -2.30. The minimum Gasteiger partial charge on any atom is -0.481 e. The van der Waals surface area contributed by atoms with E-state index in [-0.39, 0.29) is 5.92 Å². The molecule has 0 bridgehead atoms. The maximum absolute atomic E-state index is 11.2. The number of benzene rings is 1. The lowest BCUT2D eigenvalue weighted by Gasteiger charge is -2.32. The Labute approximate surface area is 122 Å². The van der Waals surface area contributed by atoms with Crippen molar-refractivity contribution >= 4 is 28.8 Å². The Bertz CT molecular complexity index is 705. The lowest BCUT2D eigenvalue weighted by atomic mass is 9.97. The molecule has 1 unspecified atom stereocenters. The second-order valence-corrected chi connectivity index (χ2v) is 5.64. The van der Waals surface area contributed by atoms with Crippen LogP contribution in [0, 0.1) is 5.92 Å². The number of carbonyl (C=O) groups is 2. The fourth-order valence-corrected chi connectivity index (χ4v) is 3.11. The van der Waals surface area contributed by atoms with Crippen molar-refractivity contribution in [1.82, 2.24) is 4.57 Å². The quantitative estimate of drug-likeness (QED) is 0.879. The zero-order chi connectivity index (χ0) is 15.0. The zero-order valence-corrected chi connectivity index (χ0v) is 12.0. The third-order valence-electron chi connectivity index (χ3n) is 4.27. The van der Waals surface area contributed by atoms with Crippen molar-refractivity contribution in [3.8, 4) is 0 Å². The summed E-state index contributed by atoms with van der Waals surface area (Å²) in [5.74, 6) is -1.04. The van der Waals surface area contributed by atoms with E-state index in [0.29, 0.717) is 12.1 Å². The van der Waals surface area contributed by atoms with Crippen molar-refractivity contribution in [2.75, 3.05) is 18.0 Å². The number of fused-ring (bicyclic) bond motifs is 1. The molecule has 0 amide bonds. The van der Waals surface area contributed by atoms with Crippen LogP contribution in [-0.2, 0) is 11.8 Å². The predicted molar refractivity (Wildman–Crippen MR) is 80.9 cm³/mol. The fourth-order valence-electron chi connectivity index (χ4n) is 3.11. The molecule has 1 saturated heterocycles. The zero-order valence-electron chi connectivity index (χ0n) is 12.0. The summed E-state index contributed by atoms with van der Waals surface area (Å²) in [7, 11) is 1.91. The Kier molecular flexibility index (Phi) is 3.41. The lowest BCUT2D eigenvalue weighted by molar-refractivity contribution is -0.141. The van der Waals surface area contributed by atoms with Crippen LogP contribution in [0.15, 0.2) is 24.4 Å². The largest absolute Gasteiger partial charge is 0.481 e. The molecule has 0 radical (unpaired) electrons. The first-order chi connectivity index (χ1) is 10.1. The number of carbonyl (C=O) groups excluding carboxylic acids is 1. The topological polar surface area (TPSA) is 62.5 Å². The molecule has 3 rings (SSSR count). The van der Waals surface area contributed by atoms with Gasteiger partial charge in [0, 0.05) is 48.5 Å². The average molecular weight is 286 g/mol. The average Bonchev–Trinajstić information content (AvgIpc) is 2.83. The van der Waals surface area contributed by atoms with Crippen LogP contribution in [0.5, 0.6) is 0 Å². The predicted octanol–water partition coefficient (Wildman–Crippen LogP) is 2.29. The number of aliphatic carboxylic acids is 1. The van der Waals surface area contributed by atoms with Gasteiger partial charge in [-0.3, -0.25) is 9.59 Å². The molecule has 0 spiro atoms. The standard InChI is InChI=1S/C16H18N2O3/c1-17-8-12(10-19)14-7-13(4-5-15(14)17)18-6-2-3-11(9-18)16(20)21/h4-5,7-8,10-11H,2-3,6,9H2,1H3,(H,20,21). The van der Waals surface area contributed by atoms with E-state index < -0.39 is 5.97 Å². The van der Waals surface area contributed by atoms with Crippen molar-refractivity contribution in [3.05, 3.63) is 30.0 Å². The lowest BCUT2D eigenvalue weighted by Crippen LogP contribution is -2.38. The molecule has 2 heterocycles. The van der Waals surface area contributed by atoms with E-state index in [1.807, 2.05) is 36.0 Å². The molecule has 1 N–H and O–H groups in total. The molecular weight excluding hydrogens is 268 g/mol. The van der Waals surface area contributed by atoms with Crippen LogP contribution in [0.3, 0.4) is 0 Å². The molecule has 1 aliphatic heterocycles. The van der Waals surface area contributed by atoms with Gasteiger partial charge in [0.25, 0.3) is 0 Å². The molecule has 21 heavy (non-hydrogen) atoms. The molecule has 110 valence electrons. The monoisotopic (exact) mass is 286 g/mol. The van der Waals surface area contributed by atoms with Gasteiger partial charge in [-0.25, -0.2) is 0 Å². The van der Waals surface area contributed by atoms with Crippen molar-refractivity contribution in [1.29, 1.82) is 0 Å². The number of hydrogen-bond acceptors (Lipinski definition) is 3. The first kappa shape index (κ1) is 13.7. The number of aromatic nitrogens is 1. The minimum atomic E-state index is -0.728.